The summed E-state index contributed by atoms with van der Waals surface area (Å²) in [7, 11) is 0. The average molecular weight is 392 g/mol. The molecule has 6 heteroatoms. The van der Waals surface area contributed by atoms with Crippen LogP contribution in [0.3, 0.4) is 0 Å². The van der Waals surface area contributed by atoms with Crippen molar-refractivity contribution in [3.63, 3.8) is 0 Å². The Hall–Kier alpha value is -3.02. The third-order valence-corrected chi connectivity index (χ3v) is 4.16. The molecular weight excluding hydrogens is 378 g/mol. The van der Waals surface area contributed by atoms with Crippen molar-refractivity contribution < 1.29 is 26.3 Å². The second-order valence-corrected chi connectivity index (χ2v) is 6.06. The Morgan fingerprint density at radius 3 is 1.57 bits per heavy atom. The molecular formula is C22H14F6. The molecule has 28 heavy (non-hydrogen) atoms. The van der Waals surface area contributed by atoms with Crippen molar-refractivity contribution in [2.45, 2.75) is 12.1 Å². The molecule has 3 aromatic rings. The molecule has 0 fully saturated rings. The Labute approximate surface area is 157 Å². The van der Waals surface area contributed by atoms with Crippen molar-refractivity contribution in [3.05, 3.63) is 107 Å². The Bertz CT molecular complexity index is 973. The van der Waals surface area contributed by atoms with Crippen molar-refractivity contribution in [1.82, 2.24) is 0 Å². The third-order valence-electron chi connectivity index (χ3n) is 4.16. The Balaban J connectivity index is 2.47. The van der Waals surface area contributed by atoms with Gasteiger partial charge in [-0.25, -0.2) is 4.39 Å². The number of alkyl halides is 5. The minimum absolute atomic E-state index is 0.0750. The van der Waals surface area contributed by atoms with Crippen LogP contribution in [-0.4, -0.2) is 12.1 Å². The van der Waals surface area contributed by atoms with E-state index in [2.05, 4.69) is 0 Å². The van der Waals surface area contributed by atoms with Gasteiger partial charge in [-0.2, -0.15) is 22.0 Å². The maximum atomic E-state index is 14.7. The summed E-state index contributed by atoms with van der Waals surface area (Å²) in [4.78, 5) is 0. The van der Waals surface area contributed by atoms with E-state index in [0.29, 0.717) is 0 Å². The van der Waals surface area contributed by atoms with Crippen LogP contribution in [0.4, 0.5) is 26.3 Å². The van der Waals surface area contributed by atoms with Crippen LogP contribution in [0.5, 0.6) is 0 Å². The van der Waals surface area contributed by atoms with Crippen LogP contribution in [0.2, 0.25) is 0 Å². The summed E-state index contributed by atoms with van der Waals surface area (Å²) in [6, 6.07) is 18.7. The molecule has 3 rings (SSSR count). The van der Waals surface area contributed by atoms with Crippen LogP contribution in [0.15, 0.2) is 84.9 Å². The van der Waals surface area contributed by atoms with Crippen molar-refractivity contribution in [1.29, 1.82) is 0 Å². The molecule has 0 atom stereocenters. The van der Waals surface area contributed by atoms with Gasteiger partial charge in [0.05, 0.1) is 0 Å². The molecule has 144 valence electrons. The third kappa shape index (κ3) is 3.81. The second-order valence-electron chi connectivity index (χ2n) is 6.06. The summed E-state index contributed by atoms with van der Waals surface area (Å²) in [6.07, 6.45) is -5.83. The number of rotatable bonds is 4. The molecule has 0 saturated carbocycles. The van der Waals surface area contributed by atoms with Gasteiger partial charge in [-0.1, -0.05) is 72.8 Å². The summed E-state index contributed by atoms with van der Waals surface area (Å²) in [5.74, 6) is -5.90. The summed E-state index contributed by atoms with van der Waals surface area (Å²) < 4.78 is 83.4. The van der Waals surface area contributed by atoms with Crippen molar-refractivity contribution in [3.8, 4) is 0 Å². The highest BCUT2D eigenvalue weighted by Gasteiger charge is 2.61. The van der Waals surface area contributed by atoms with E-state index in [1.165, 1.54) is 66.7 Å². The fraction of sp³-hybridized carbons (Fsp3) is 0.0909. The number of halogens is 6. The van der Waals surface area contributed by atoms with Gasteiger partial charge in [0.15, 0.2) is 0 Å². The van der Waals surface area contributed by atoms with E-state index in [4.69, 9.17) is 0 Å². The smallest absolute Gasteiger partial charge is 0.207 e. The van der Waals surface area contributed by atoms with E-state index in [9.17, 15) is 26.3 Å². The summed E-state index contributed by atoms with van der Waals surface area (Å²) in [5.41, 5.74) is -1.86. The summed E-state index contributed by atoms with van der Waals surface area (Å²) in [6.45, 7) is 0. The summed E-state index contributed by atoms with van der Waals surface area (Å²) >= 11 is 0. The normalized spacial score (nSPS) is 13.2. The molecule has 0 aromatic heterocycles. The Morgan fingerprint density at radius 2 is 1.07 bits per heavy atom. The SMILES string of the molecule is Fc1cccc(/C(=C(/c2ccccc2)C(F)(F)C(F)(F)F)c2ccccc2)c1. The van der Waals surface area contributed by atoms with E-state index < -0.39 is 23.5 Å². The molecule has 0 nitrogen and oxygen atoms in total. The number of allylic oxidation sites excluding steroid dienone is 1. The van der Waals surface area contributed by atoms with Crippen molar-refractivity contribution in [2.75, 3.05) is 0 Å². The van der Waals surface area contributed by atoms with E-state index in [-0.39, 0.29) is 22.3 Å². The molecule has 0 N–H and O–H groups in total. The molecule has 0 amide bonds. The molecule has 0 bridgehead atoms. The van der Waals surface area contributed by atoms with Gasteiger partial charge >= 0.3 is 12.1 Å². The first kappa shape index (κ1) is 19.7. The molecule has 0 unspecified atom stereocenters. The van der Waals surface area contributed by atoms with Crippen LogP contribution in [0.25, 0.3) is 11.1 Å². The lowest BCUT2D eigenvalue weighted by Crippen LogP contribution is -2.38. The molecule has 3 aromatic carbocycles. The molecule has 0 heterocycles. The van der Waals surface area contributed by atoms with Crippen LogP contribution < -0.4 is 0 Å². The fourth-order valence-electron chi connectivity index (χ4n) is 2.93. The highest BCUT2D eigenvalue weighted by atomic mass is 19.4. The summed E-state index contributed by atoms with van der Waals surface area (Å²) in [5, 5.41) is 0. The van der Waals surface area contributed by atoms with E-state index in [1.54, 1.807) is 6.07 Å². The molecule has 0 spiro atoms. The lowest BCUT2D eigenvalue weighted by atomic mass is 9.86. The molecule has 0 aliphatic heterocycles. The molecule has 0 aliphatic carbocycles. The monoisotopic (exact) mass is 392 g/mol. The molecule has 0 saturated heterocycles. The molecule has 0 radical (unpaired) electrons. The highest BCUT2D eigenvalue weighted by molar-refractivity contribution is 6.01. The average Bonchev–Trinajstić information content (AvgIpc) is 2.66. The number of benzene rings is 3. The van der Waals surface area contributed by atoms with Crippen LogP contribution >= 0.6 is 0 Å². The second kappa shape index (κ2) is 7.54. The lowest BCUT2D eigenvalue weighted by Gasteiger charge is -2.26. The zero-order chi connectivity index (χ0) is 20.4. The Kier molecular flexibility index (Phi) is 5.31. The van der Waals surface area contributed by atoms with Gasteiger partial charge in [0, 0.05) is 5.57 Å². The number of hydrogen-bond donors (Lipinski definition) is 0. The van der Waals surface area contributed by atoms with E-state index >= 15 is 0 Å². The quantitative estimate of drug-likeness (QED) is 0.332. The zero-order valence-electron chi connectivity index (χ0n) is 14.4. The topological polar surface area (TPSA) is 0 Å². The lowest BCUT2D eigenvalue weighted by molar-refractivity contribution is -0.253. The van der Waals surface area contributed by atoms with Crippen LogP contribution in [0.1, 0.15) is 16.7 Å². The van der Waals surface area contributed by atoms with Crippen molar-refractivity contribution >= 4 is 11.1 Å². The zero-order valence-corrected chi connectivity index (χ0v) is 14.4. The van der Waals surface area contributed by atoms with Crippen LogP contribution in [0, 0.1) is 5.82 Å². The van der Waals surface area contributed by atoms with Crippen molar-refractivity contribution in [2.24, 2.45) is 0 Å². The number of hydrogen-bond acceptors (Lipinski definition) is 0. The van der Waals surface area contributed by atoms with Gasteiger partial charge in [-0.15, -0.1) is 0 Å². The first-order valence-electron chi connectivity index (χ1n) is 8.28. The van der Waals surface area contributed by atoms with Gasteiger partial charge in [-0.3, -0.25) is 0 Å². The van der Waals surface area contributed by atoms with Gasteiger partial charge < -0.3 is 0 Å². The van der Waals surface area contributed by atoms with E-state index in [1.807, 2.05) is 0 Å². The minimum atomic E-state index is -5.83. The standard InChI is InChI=1S/C22H14F6/c23-18-13-7-12-17(14-18)19(15-8-3-1-4-9-15)20(16-10-5-2-6-11-16)21(24,25)22(26,27)28/h1-14H/b20-19-. The van der Waals surface area contributed by atoms with Gasteiger partial charge in [0.1, 0.15) is 5.82 Å². The molecule has 0 aliphatic rings. The Morgan fingerprint density at radius 1 is 0.571 bits per heavy atom. The van der Waals surface area contributed by atoms with Crippen LogP contribution in [-0.2, 0) is 0 Å². The minimum Gasteiger partial charge on any atom is -0.207 e. The first-order chi connectivity index (χ1) is 13.2. The van der Waals surface area contributed by atoms with E-state index in [0.717, 1.165) is 12.1 Å². The predicted molar refractivity (Wildman–Crippen MR) is 96.2 cm³/mol. The maximum absolute atomic E-state index is 14.7. The maximum Gasteiger partial charge on any atom is 0.458 e. The van der Waals surface area contributed by atoms with Gasteiger partial charge in [0.25, 0.3) is 0 Å². The fourth-order valence-corrected chi connectivity index (χ4v) is 2.93. The van der Waals surface area contributed by atoms with Gasteiger partial charge in [0.2, 0.25) is 0 Å². The first-order valence-corrected chi connectivity index (χ1v) is 8.28. The predicted octanol–water partition coefficient (Wildman–Crippen LogP) is 6.98. The van der Waals surface area contributed by atoms with Gasteiger partial charge in [-0.05, 0) is 34.4 Å². The highest BCUT2D eigenvalue weighted by Crippen LogP contribution is 2.49. The largest absolute Gasteiger partial charge is 0.458 e.